The molecule has 0 aromatic heterocycles. The molecule has 0 saturated heterocycles. The second kappa shape index (κ2) is 4.12. The molecular formula is CH3BO2P. The summed E-state index contributed by atoms with van der Waals surface area (Å²) in [6, 6.07) is 0. The second-order valence-corrected chi connectivity index (χ2v) is 0.868. The van der Waals surface area contributed by atoms with E-state index in [0.29, 0.717) is 0 Å². The van der Waals surface area contributed by atoms with E-state index in [1.807, 2.05) is 0 Å². The van der Waals surface area contributed by atoms with Crippen LogP contribution in [0, 0.1) is 0 Å². The standard InChI is InChI=1S/CH3BO2P/c1-4-2-5-3/h1H3. The molecule has 0 aliphatic rings. The monoisotopic (exact) mass is 89.0 g/mol. The van der Waals surface area contributed by atoms with Crippen molar-refractivity contribution in [2.75, 3.05) is 7.11 Å². The van der Waals surface area contributed by atoms with E-state index in [1.54, 1.807) is 0 Å². The van der Waals surface area contributed by atoms with Gasteiger partial charge in [-0.05, 0) is 0 Å². The van der Waals surface area contributed by atoms with Gasteiger partial charge in [-0.2, -0.15) is 0 Å². The Labute approximate surface area is 33.0 Å². The van der Waals surface area contributed by atoms with Gasteiger partial charge in [-0.3, -0.25) is 4.57 Å². The van der Waals surface area contributed by atoms with E-state index in [4.69, 9.17) is 0 Å². The van der Waals surface area contributed by atoms with E-state index in [9.17, 15) is 4.57 Å². The van der Waals surface area contributed by atoms with Crippen LogP contribution in [0.15, 0.2) is 0 Å². The molecule has 0 aliphatic heterocycles. The van der Waals surface area contributed by atoms with Gasteiger partial charge in [-0.25, -0.2) is 0 Å². The summed E-state index contributed by atoms with van der Waals surface area (Å²) < 4.78 is 13.6. The van der Waals surface area contributed by atoms with E-state index in [1.165, 1.54) is 14.3 Å². The molecular weight excluding hydrogens is 85.8 g/mol. The first-order chi connectivity index (χ1) is 2.41. The smallest absolute Gasteiger partial charge is 0.415 e. The predicted octanol–water partition coefficient (Wildman–Crippen LogP) is 0.459. The molecule has 2 nitrogen and oxygen atoms in total. The lowest BCUT2D eigenvalue weighted by Crippen LogP contribution is -1.76. The summed E-state index contributed by atoms with van der Waals surface area (Å²) in [5, 5.41) is 0. The normalized spacial score (nSPS) is 8.20. The first kappa shape index (κ1) is 5.12. The minimum atomic E-state index is -0.0675. The summed E-state index contributed by atoms with van der Waals surface area (Å²) in [5.41, 5.74) is 0. The Morgan fingerprint density at radius 3 is 2.60 bits per heavy atom. The van der Waals surface area contributed by atoms with E-state index in [2.05, 4.69) is 4.65 Å². The number of hydrogen-bond donors (Lipinski definition) is 0. The zero-order chi connectivity index (χ0) is 4.12. The van der Waals surface area contributed by atoms with E-state index < -0.39 is 0 Å². The highest BCUT2D eigenvalue weighted by molar-refractivity contribution is 7.59. The van der Waals surface area contributed by atoms with Gasteiger partial charge >= 0.3 is 7.20 Å². The van der Waals surface area contributed by atoms with Gasteiger partial charge in [-0.15, -0.1) is 0 Å². The molecule has 27 valence electrons. The van der Waals surface area contributed by atoms with Crippen LogP contribution in [0.25, 0.3) is 0 Å². The van der Waals surface area contributed by atoms with Gasteiger partial charge in [0, 0.05) is 7.11 Å². The quantitative estimate of drug-likeness (QED) is 0.362. The molecule has 0 heterocycles. The minimum absolute atomic E-state index is 0.0675. The summed E-state index contributed by atoms with van der Waals surface area (Å²) in [6.45, 7) is 0. The molecule has 0 saturated carbocycles. The highest BCUT2D eigenvalue weighted by Gasteiger charge is 1.76. The molecule has 0 bridgehead atoms. The summed E-state index contributed by atoms with van der Waals surface area (Å²) in [4.78, 5) is 0. The molecule has 4 heteroatoms. The molecule has 5 heavy (non-hydrogen) atoms. The van der Waals surface area contributed by atoms with Crippen LogP contribution < -0.4 is 0 Å². The maximum absolute atomic E-state index is 9.32. The third-order valence-electron chi connectivity index (χ3n) is 0.148. The van der Waals surface area contributed by atoms with Crippen LogP contribution in [0.1, 0.15) is 0 Å². The van der Waals surface area contributed by atoms with Crippen molar-refractivity contribution in [2.24, 2.45) is 0 Å². The van der Waals surface area contributed by atoms with Gasteiger partial charge in [-0.1, -0.05) is 0 Å². The SMILES string of the molecule is CO[B]P=O. The van der Waals surface area contributed by atoms with E-state index in [-0.39, 0.29) is 8.34 Å². The fraction of sp³-hybridized carbons (Fsp3) is 1.00. The number of rotatable bonds is 2. The van der Waals surface area contributed by atoms with Crippen molar-refractivity contribution in [1.29, 1.82) is 0 Å². The van der Waals surface area contributed by atoms with Crippen molar-refractivity contribution in [3.05, 3.63) is 0 Å². The fourth-order valence-electron chi connectivity index (χ4n) is 0.0430. The van der Waals surface area contributed by atoms with Crippen molar-refractivity contribution in [3.8, 4) is 0 Å². The zero-order valence-corrected chi connectivity index (χ0v) is 3.74. The predicted molar refractivity (Wildman–Crippen MR) is 20.4 cm³/mol. The molecule has 0 aromatic rings. The minimum Gasteiger partial charge on any atom is -0.431 e. The van der Waals surface area contributed by atoms with Crippen molar-refractivity contribution >= 4 is 15.5 Å². The van der Waals surface area contributed by atoms with Gasteiger partial charge in [0.1, 0.15) is 8.34 Å². The summed E-state index contributed by atoms with van der Waals surface area (Å²) in [5.74, 6) is 0. The first-order valence-corrected chi connectivity index (χ1v) is 1.97. The van der Waals surface area contributed by atoms with Gasteiger partial charge < -0.3 is 4.65 Å². The van der Waals surface area contributed by atoms with Crippen LogP contribution in [-0.2, 0) is 9.22 Å². The van der Waals surface area contributed by atoms with Crippen molar-refractivity contribution in [1.82, 2.24) is 0 Å². The van der Waals surface area contributed by atoms with E-state index >= 15 is 0 Å². The van der Waals surface area contributed by atoms with Crippen LogP contribution in [0.5, 0.6) is 0 Å². The van der Waals surface area contributed by atoms with Crippen molar-refractivity contribution in [3.63, 3.8) is 0 Å². The molecule has 0 atom stereocenters. The molecule has 0 fully saturated rings. The lowest BCUT2D eigenvalue weighted by Gasteiger charge is -1.70. The third kappa shape index (κ3) is 4.12. The Bertz CT molecular complexity index is 30.8. The summed E-state index contributed by atoms with van der Waals surface area (Å²) in [7, 11) is 2.55. The molecule has 0 unspecified atom stereocenters. The third-order valence-corrected chi connectivity index (χ3v) is 0.445. The average Bonchev–Trinajstić information content (AvgIpc) is 1.41. The molecule has 0 aliphatic carbocycles. The fourth-order valence-corrected chi connectivity index (χ4v) is 0.129. The lowest BCUT2D eigenvalue weighted by atomic mass is 10.6. The Morgan fingerprint density at radius 2 is 2.60 bits per heavy atom. The highest BCUT2D eigenvalue weighted by atomic mass is 31.1. The Balaban J connectivity index is 2.40. The first-order valence-electron chi connectivity index (χ1n) is 1.08. The average molecular weight is 88.8 g/mol. The second-order valence-electron chi connectivity index (χ2n) is 0.447. The molecule has 0 N–H and O–H groups in total. The lowest BCUT2D eigenvalue weighted by molar-refractivity contribution is 0.453. The van der Waals surface area contributed by atoms with Gasteiger partial charge in [0.25, 0.3) is 0 Å². The Hall–Kier alpha value is 0.125. The van der Waals surface area contributed by atoms with Crippen LogP contribution in [0.4, 0.5) is 0 Å². The van der Waals surface area contributed by atoms with Crippen LogP contribution in [0.3, 0.4) is 0 Å². The Kier molecular flexibility index (Phi) is 4.23. The van der Waals surface area contributed by atoms with Crippen LogP contribution >= 0.6 is 8.34 Å². The van der Waals surface area contributed by atoms with Gasteiger partial charge in [0.15, 0.2) is 0 Å². The van der Waals surface area contributed by atoms with Crippen LogP contribution in [-0.4, -0.2) is 14.3 Å². The van der Waals surface area contributed by atoms with Gasteiger partial charge in [0.05, 0.1) is 0 Å². The largest absolute Gasteiger partial charge is 0.431 e. The summed E-state index contributed by atoms with van der Waals surface area (Å²) >= 11 is 0. The molecule has 1 radical (unpaired) electrons. The molecule has 0 spiro atoms. The zero-order valence-electron chi connectivity index (χ0n) is 2.84. The van der Waals surface area contributed by atoms with Crippen LogP contribution in [0.2, 0.25) is 0 Å². The molecule has 0 aromatic carbocycles. The number of hydrogen-bond acceptors (Lipinski definition) is 2. The molecule has 0 rings (SSSR count). The summed E-state index contributed by atoms with van der Waals surface area (Å²) in [6.07, 6.45) is 0. The highest BCUT2D eigenvalue weighted by Crippen LogP contribution is 1.81. The topological polar surface area (TPSA) is 26.3 Å². The Morgan fingerprint density at radius 1 is 2.00 bits per heavy atom. The maximum atomic E-state index is 9.32. The van der Waals surface area contributed by atoms with Gasteiger partial charge in [0.2, 0.25) is 0 Å². The van der Waals surface area contributed by atoms with Crippen molar-refractivity contribution in [2.45, 2.75) is 0 Å². The maximum Gasteiger partial charge on any atom is 0.415 e. The van der Waals surface area contributed by atoms with E-state index in [0.717, 1.165) is 0 Å². The van der Waals surface area contributed by atoms with Crippen molar-refractivity contribution < 1.29 is 9.22 Å². The molecule has 0 amide bonds.